The van der Waals surface area contributed by atoms with E-state index in [-0.39, 0.29) is 11.9 Å². The van der Waals surface area contributed by atoms with Crippen LogP contribution in [0.15, 0.2) is 27.1 Å². The van der Waals surface area contributed by atoms with Crippen molar-refractivity contribution in [1.29, 1.82) is 0 Å². The largest absolute Gasteiger partial charge is 0.344 e. The minimum Gasteiger partial charge on any atom is -0.344 e. The predicted molar refractivity (Wildman–Crippen MR) is 74.7 cm³/mol. The Morgan fingerprint density at radius 3 is 2.76 bits per heavy atom. The van der Waals surface area contributed by atoms with E-state index in [0.717, 1.165) is 28.5 Å². The van der Waals surface area contributed by atoms with Gasteiger partial charge in [-0.25, -0.2) is 0 Å². The van der Waals surface area contributed by atoms with Crippen LogP contribution in [0.2, 0.25) is 0 Å². The Balaban J connectivity index is 1.94. The zero-order valence-corrected chi connectivity index (χ0v) is 12.7. The van der Waals surface area contributed by atoms with Crippen LogP contribution in [-0.2, 0) is 11.3 Å². The molecule has 1 atom stereocenters. The van der Waals surface area contributed by atoms with Crippen molar-refractivity contribution in [3.63, 3.8) is 0 Å². The summed E-state index contributed by atoms with van der Waals surface area (Å²) in [4.78, 5) is 13.5. The highest BCUT2D eigenvalue weighted by molar-refractivity contribution is 9.13. The maximum absolute atomic E-state index is 11.7. The number of likely N-dealkylation sites (tertiary alicyclic amines) is 1. The normalized spacial score (nSPS) is 20.1. The van der Waals surface area contributed by atoms with E-state index in [1.165, 1.54) is 5.56 Å². The molecule has 1 aromatic carbocycles. The average Bonchev–Trinajstić information content (AvgIpc) is 2.62. The Labute approximate surface area is 118 Å². The molecule has 0 spiro atoms. The summed E-state index contributed by atoms with van der Waals surface area (Å²) in [5.41, 5.74) is 1.17. The molecule has 0 aromatic heterocycles. The van der Waals surface area contributed by atoms with E-state index in [1.54, 1.807) is 4.90 Å². The third-order valence-corrected chi connectivity index (χ3v) is 4.84. The SMILES string of the molecule is CN1CCC(NCc2ccc(Br)c(Br)c2)C1=O. The van der Waals surface area contributed by atoms with Crippen LogP contribution in [0.25, 0.3) is 0 Å². The molecular weight excluding hydrogens is 348 g/mol. The third kappa shape index (κ3) is 3.09. The van der Waals surface area contributed by atoms with Crippen molar-refractivity contribution >= 4 is 37.8 Å². The second kappa shape index (κ2) is 5.50. The van der Waals surface area contributed by atoms with Gasteiger partial charge in [0, 0.05) is 29.1 Å². The molecule has 92 valence electrons. The molecule has 1 saturated heterocycles. The number of nitrogens with one attached hydrogen (secondary N) is 1. The highest BCUT2D eigenvalue weighted by Crippen LogP contribution is 2.23. The summed E-state index contributed by atoms with van der Waals surface area (Å²) >= 11 is 6.91. The van der Waals surface area contributed by atoms with Crippen LogP contribution in [0, 0.1) is 0 Å². The van der Waals surface area contributed by atoms with Gasteiger partial charge in [-0.05, 0) is 56.0 Å². The highest BCUT2D eigenvalue weighted by Gasteiger charge is 2.28. The molecule has 1 amide bonds. The van der Waals surface area contributed by atoms with Crippen molar-refractivity contribution in [2.75, 3.05) is 13.6 Å². The Hall–Kier alpha value is -0.390. The number of likely N-dealkylation sites (N-methyl/N-ethyl adjacent to an activating group) is 1. The first-order valence-corrected chi connectivity index (χ1v) is 7.09. The summed E-state index contributed by atoms with van der Waals surface area (Å²) in [5, 5.41) is 3.30. The number of halogens is 2. The summed E-state index contributed by atoms with van der Waals surface area (Å²) < 4.78 is 2.07. The van der Waals surface area contributed by atoms with Gasteiger partial charge in [-0.3, -0.25) is 4.79 Å². The number of rotatable bonds is 3. The maximum atomic E-state index is 11.7. The van der Waals surface area contributed by atoms with Crippen LogP contribution < -0.4 is 5.32 Å². The van der Waals surface area contributed by atoms with Gasteiger partial charge in [-0.1, -0.05) is 6.07 Å². The summed E-state index contributed by atoms with van der Waals surface area (Å²) in [6, 6.07) is 6.08. The van der Waals surface area contributed by atoms with Gasteiger partial charge < -0.3 is 10.2 Å². The van der Waals surface area contributed by atoms with Gasteiger partial charge in [0.1, 0.15) is 0 Å². The molecule has 1 heterocycles. The number of carbonyl (C=O) groups excluding carboxylic acids is 1. The lowest BCUT2D eigenvalue weighted by atomic mass is 10.2. The molecule has 0 saturated carbocycles. The van der Waals surface area contributed by atoms with E-state index >= 15 is 0 Å². The first-order valence-electron chi connectivity index (χ1n) is 5.50. The van der Waals surface area contributed by atoms with Crippen molar-refractivity contribution in [2.24, 2.45) is 0 Å². The fourth-order valence-electron chi connectivity index (χ4n) is 1.90. The molecule has 17 heavy (non-hydrogen) atoms. The highest BCUT2D eigenvalue weighted by atomic mass is 79.9. The molecule has 2 rings (SSSR count). The Kier molecular flexibility index (Phi) is 4.22. The molecule has 5 heteroatoms. The average molecular weight is 362 g/mol. The summed E-state index contributed by atoms with van der Waals surface area (Å²) in [6.07, 6.45) is 0.896. The summed E-state index contributed by atoms with van der Waals surface area (Å²) in [6.45, 7) is 1.57. The second-order valence-electron chi connectivity index (χ2n) is 4.23. The lowest BCUT2D eigenvalue weighted by molar-refractivity contribution is -0.128. The van der Waals surface area contributed by atoms with Gasteiger partial charge in [-0.2, -0.15) is 0 Å². The zero-order valence-electron chi connectivity index (χ0n) is 9.54. The maximum Gasteiger partial charge on any atom is 0.239 e. The van der Waals surface area contributed by atoms with Gasteiger partial charge in [-0.15, -0.1) is 0 Å². The fraction of sp³-hybridized carbons (Fsp3) is 0.417. The molecule has 1 aromatic rings. The Morgan fingerprint density at radius 1 is 1.41 bits per heavy atom. The summed E-state index contributed by atoms with van der Waals surface area (Å²) in [5.74, 6) is 0.196. The van der Waals surface area contributed by atoms with Gasteiger partial charge in [0.25, 0.3) is 0 Å². The topological polar surface area (TPSA) is 32.3 Å². The minimum absolute atomic E-state index is 0.0255. The minimum atomic E-state index is -0.0255. The van der Waals surface area contributed by atoms with Gasteiger partial charge in [0.05, 0.1) is 6.04 Å². The standard InChI is InChI=1S/C12H14Br2N2O/c1-16-5-4-11(12(16)17)15-7-8-2-3-9(13)10(14)6-8/h2-3,6,11,15H,4-5,7H2,1H3. The lowest BCUT2D eigenvalue weighted by Crippen LogP contribution is -2.36. The van der Waals surface area contributed by atoms with E-state index in [4.69, 9.17) is 0 Å². The predicted octanol–water partition coefficient (Wildman–Crippen LogP) is 2.53. The van der Waals surface area contributed by atoms with Crippen molar-refractivity contribution in [1.82, 2.24) is 10.2 Å². The first-order chi connectivity index (χ1) is 8.08. The van der Waals surface area contributed by atoms with Gasteiger partial charge in [0.2, 0.25) is 5.91 Å². The fourth-order valence-corrected chi connectivity index (χ4v) is 2.58. The van der Waals surface area contributed by atoms with Crippen molar-refractivity contribution in [2.45, 2.75) is 19.0 Å². The zero-order chi connectivity index (χ0) is 12.4. The molecule has 0 radical (unpaired) electrons. The van der Waals surface area contributed by atoms with E-state index in [2.05, 4.69) is 43.2 Å². The van der Waals surface area contributed by atoms with Crippen LogP contribution in [-0.4, -0.2) is 30.4 Å². The van der Waals surface area contributed by atoms with E-state index in [1.807, 2.05) is 19.2 Å². The molecule has 0 aliphatic carbocycles. The Morgan fingerprint density at radius 2 is 2.18 bits per heavy atom. The van der Waals surface area contributed by atoms with Crippen LogP contribution in [0.1, 0.15) is 12.0 Å². The third-order valence-electron chi connectivity index (χ3n) is 2.96. The van der Waals surface area contributed by atoms with Gasteiger partial charge in [0.15, 0.2) is 0 Å². The molecule has 1 N–H and O–H groups in total. The van der Waals surface area contributed by atoms with Crippen LogP contribution >= 0.6 is 31.9 Å². The van der Waals surface area contributed by atoms with Crippen molar-refractivity contribution < 1.29 is 4.79 Å². The smallest absolute Gasteiger partial charge is 0.239 e. The van der Waals surface area contributed by atoms with E-state index in [9.17, 15) is 4.79 Å². The molecule has 1 unspecified atom stereocenters. The van der Waals surface area contributed by atoms with Crippen LogP contribution in [0.4, 0.5) is 0 Å². The van der Waals surface area contributed by atoms with E-state index in [0.29, 0.717) is 0 Å². The molecule has 1 aliphatic rings. The number of hydrogen-bond acceptors (Lipinski definition) is 2. The molecule has 3 nitrogen and oxygen atoms in total. The molecule has 0 bridgehead atoms. The summed E-state index contributed by atoms with van der Waals surface area (Å²) in [7, 11) is 1.85. The van der Waals surface area contributed by atoms with E-state index < -0.39 is 0 Å². The number of benzene rings is 1. The molecule has 1 fully saturated rings. The van der Waals surface area contributed by atoms with Crippen molar-refractivity contribution in [3.05, 3.63) is 32.7 Å². The van der Waals surface area contributed by atoms with Crippen LogP contribution in [0.3, 0.4) is 0 Å². The second-order valence-corrected chi connectivity index (χ2v) is 5.94. The van der Waals surface area contributed by atoms with Gasteiger partial charge >= 0.3 is 0 Å². The number of nitrogens with zero attached hydrogens (tertiary/aromatic N) is 1. The number of carbonyl (C=O) groups is 1. The monoisotopic (exact) mass is 360 g/mol. The molecule has 1 aliphatic heterocycles. The lowest BCUT2D eigenvalue weighted by Gasteiger charge is -2.12. The quantitative estimate of drug-likeness (QED) is 0.897. The first kappa shape index (κ1) is 13.1. The number of hydrogen-bond donors (Lipinski definition) is 1. The van der Waals surface area contributed by atoms with Crippen LogP contribution in [0.5, 0.6) is 0 Å². The molecular formula is C12H14Br2N2O. The number of amides is 1. The Bertz CT molecular complexity index is 437. The van der Waals surface area contributed by atoms with Crippen molar-refractivity contribution in [3.8, 4) is 0 Å².